The Morgan fingerprint density at radius 2 is 2.25 bits per heavy atom. The third-order valence-electron chi connectivity index (χ3n) is 1.56. The highest BCUT2D eigenvalue weighted by Gasteiger charge is 2.08. The minimum absolute atomic E-state index is 0.0830. The van der Waals surface area contributed by atoms with E-state index in [4.69, 9.17) is 22.4 Å². The van der Waals surface area contributed by atoms with Crippen molar-refractivity contribution < 1.29 is 5.11 Å². The summed E-state index contributed by atoms with van der Waals surface area (Å²) in [4.78, 5) is 0. The SMILES string of the molecule is N[C@H](CO)c1ccc(I)cc1Cl. The van der Waals surface area contributed by atoms with Gasteiger partial charge in [-0.15, -0.1) is 0 Å². The first kappa shape index (κ1) is 10.2. The molecule has 0 saturated heterocycles. The van der Waals surface area contributed by atoms with Crippen molar-refractivity contribution in [2.24, 2.45) is 5.73 Å². The fourth-order valence-corrected chi connectivity index (χ4v) is 1.90. The van der Waals surface area contributed by atoms with Gasteiger partial charge in [-0.05, 0) is 40.3 Å². The zero-order valence-corrected chi connectivity index (χ0v) is 9.21. The largest absolute Gasteiger partial charge is 0.394 e. The van der Waals surface area contributed by atoms with E-state index in [1.807, 2.05) is 18.2 Å². The highest BCUT2D eigenvalue weighted by molar-refractivity contribution is 14.1. The quantitative estimate of drug-likeness (QED) is 0.820. The normalized spacial score (nSPS) is 13.0. The number of hydrogen-bond acceptors (Lipinski definition) is 2. The first-order chi connectivity index (χ1) is 5.65. The molecule has 0 unspecified atom stereocenters. The number of rotatable bonds is 2. The van der Waals surface area contributed by atoms with Crippen molar-refractivity contribution in [2.45, 2.75) is 6.04 Å². The molecule has 3 N–H and O–H groups in total. The molecule has 12 heavy (non-hydrogen) atoms. The molecule has 1 rings (SSSR count). The highest BCUT2D eigenvalue weighted by atomic mass is 127. The molecule has 0 amide bonds. The van der Waals surface area contributed by atoms with Crippen LogP contribution in [0.2, 0.25) is 5.02 Å². The molecule has 1 aromatic rings. The number of aliphatic hydroxyl groups is 1. The van der Waals surface area contributed by atoms with Crippen LogP contribution in [0.25, 0.3) is 0 Å². The average Bonchev–Trinajstić information content (AvgIpc) is 2.03. The van der Waals surface area contributed by atoms with Crippen LogP contribution in [0.15, 0.2) is 18.2 Å². The second-order valence-corrected chi connectivity index (χ2v) is 4.11. The third-order valence-corrected chi connectivity index (χ3v) is 2.56. The molecule has 0 aromatic heterocycles. The second-order valence-electron chi connectivity index (χ2n) is 2.45. The van der Waals surface area contributed by atoms with E-state index in [0.29, 0.717) is 5.02 Å². The van der Waals surface area contributed by atoms with E-state index in [1.165, 1.54) is 0 Å². The van der Waals surface area contributed by atoms with Gasteiger partial charge in [0, 0.05) is 8.59 Å². The zero-order valence-electron chi connectivity index (χ0n) is 6.30. The summed E-state index contributed by atoms with van der Waals surface area (Å²) in [6, 6.07) is 5.20. The van der Waals surface area contributed by atoms with Crippen LogP contribution in [-0.2, 0) is 0 Å². The lowest BCUT2D eigenvalue weighted by Crippen LogP contribution is -2.14. The summed E-state index contributed by atoms with van der Waals surface area (Å²) in [6.45, 7) is -0.0830. The van der Waals surface area contributed by atoms with Crippen molar-refractivity contribution in [1.82, 2.24) is 0 Å². The first-order valence-electron chi connectivity index (χ1n) is 3.46. The predicted molar refractivity (Wildman–Crippen MR) is 58.2 cm³/mol. The maximum absolute atomic E-state index is 8.80. The third kappa shape index (κ3) is 2.32. The molecular weight excluding hydrogens is 288 g/mol. The van der Waals surface area contributed by atoms with Gasteiger partial charge in [0.25, 0.3) is 0 Å². The van der Waals surface area contributed by atoms with Crippen LogP contribution in [-0.4, -0.2) is 11.7 Å². The smallest absolute Gasteiger partial charge is 0.0624 e. The summed E-state index contributed by atoms with van der Waals surface area (Å²) in [6.07, 6.45) is 0. The van der Waals surface area contributed by atoms with Crippen LogP contribution in [0.4, 0.5) is 0 Å². The summed E-state index contributed by atoms with van der Waals surface area (Å²) in [5.41, 5.74) is 6.40. The maximum Gasteiger partial charge on any atom is 0.0624 e. The van der Waals surface area contributed by atoms with E-state index >= 15 is 0 Å². The topological polar surface area (TPSA) is 46.2 Å². The Balaban J connectivity index is 3.01. The van der Waals surface area contributed by atoms with E-state index in [-0.39, 0.29) is 12.6 Å². The van der Waals surface area contributed by atoms with Crippen molar-refractivity contribution in [1.29, 1.82) is 0 Å². The van der Waals surface area contributed by atoms with Gasteiger partial charge >= 0.3 is 0 Å². The fraction of sp³-hybridized carbons (Fsp3) is 0.250. The van der Waals surface area contributed by atoms with Gasteiger partial charge in [0.15, 0.2) is 0 Å². The fourth-order valence-electron chi connectivity index (χ4n) is 0.901. The van der Waals surface area contributed by atoms with E-state index in [2.05, 4.69) is 22.6 Å². The Morgan fingerprint density at radius 3 is 2.75 bits per heavy atom. The molecule has 4 heteroatoms. The Morgan fingerprint density at radius 1 is 1.58 bits per heavy atom. The van der Waals surface area contributed by atoms with E-state index in [9.17, 15) is 0 Å². The van der Waals surface area contributed by atoms with Crippen LogP contribution < -0.4 is 5.73 Å². The van der Waals surface area contributed by atoms with Crippen LogP contribution in [0.3, 0.4) is 0 Å². The lowest BCUT2D eigenvalue weighted by Gasteiger charge is -2.10. The Hall–Kier alpha value is 0.160. The van der Waals surface area contributed by atoms with Crippen molar-refractivity contribution >= 4 is 34.2 Å². The summed E-state index contributed by atoms with van der Waals surface area (Å²) in [5, 5.41) is 9.41. The minimum atomic E-state index is -0.380. The summed E-state index contributed by atoms with van der Waals surface area (Å²) in [7, 11) is 0. The molecule has 0 heterocycles. The van der Waals surface area contributed by atoms with Gasteiger partial charge in [0.05, 0.1) is 12.6 Å². The lowest BCUT2D eigenvalue weighted by molar-refractivity contribution is 0.268. The monoisotopic (exact) mass is 297 g/mol. The highest BCUT2D eigenvalue weighted by Crippen LogP contribution is 2.23. The molecule has 2 nitrogen and oxygen atoms in total. The van der Waals surface area contributed by atoms with Gasteiger partial charge in [-0.2, -0.15) is 0 Å². The van der Waals surface area contributed by atoms with Crippen LogP contribution in [0.1, 0.15) is 11.6 Å². The van der Waals surface area contributed by atoms with Gasteiger partial charge < -0.3 is 10.8 Å². The minimum Gasteiger partial charge on any atom is -0.394 e. The van der Waals surface area contributed by atoms with Gasteiger partial charge in [0.1, 0.15) is 0 Å². The number of aliphatic hydroxyl groups excluding tert-OH is 1. The van der Waals surface area contributed by atoms with Crippen molar-refractivity contribution in [3.63, 3.8) is 0 Å². The molecule has 0 bridgehead atoms. The first-order valence-corrected chi connectivity index (χ1v) is 4.92. The molecular formula is C8H9ClINO. The predicted octanol–water partition coefficient (Wildman–Crippen LogP) is 1.94. The number of nitrogens with two attached hydrogens (primary N) is 1. The van der Waals surface area contributed by atoms with Crippen LogP contribution >= 0.6 is 34.2 Å². The van der Waals surface area contributed by atoms with Gasteiger partial charge in [-0.3, -0.25) is 0 Å². The van der Waals surface area contributed by atoms with Gasteiger partial charge in [0.2, 0.25) is 0 Å². The number of benzene rings is 1. The molecule has 0 saturated carbocycles. The Bertz CT molecular complexity index is 280. The molecule has 1 aromatic carbocycles. The number of halogens is 2. The summed E-state index contributed by atoms with van der Waals surface area (Å²) >= 11 is 8.08. The van der Waals surface area contributed by atoms with Gasteiger partial charge in [-0.1, -0.05) is 17.7 Å². The lowest BCUT2D eigenvalue weighted by atomic mass is 10.1. The maximum atomic E-state index is 8.80. The molecule has 0 aliphatic rings. The molecule has 0 radical (unpaired) electrons. The molecule has 0 spiro atoms. The molecule has 66 valence electrons. The van der Waals surface area contributed by atoms with E-state index < -0.39 is 0 Å². The van der Waals surface area contributed by atoms with Crippen molar-refractivity contribution in [3.8, 4) is 0 Å². The van der Waals surface area contributed by atoms with E-state index in [0.717, 1.165) is 9.13 Å². The van der Waals surface area contributed by atoms with E-state index in [1.54, 1.807) is 0 Å². The van der Waals surface area contributed by atoms with Crippen molar-refractivity contribution in [3.05, 3.63) is 32.4 Å². The molecule has 0 aliphatic heterocycles. The Kier molecular flexibility index (Phi) is 3.77. The standard InChI is InChI=1S/C8H9ClINO/c9-7-3-5(10)1-2-6(7)8(11)4-12/h1-3,8,12H,4,11H2/t8-/m1/s1. The molecule has 0 fully saturated rings. The van der Waals surface area contributed by atoms with Crippen LogP contribution in [0, 0.1) is 3.57 Å². The zero-order chi connectivity index (χ0) is 9.14. The summed E-state index contributed by atoms with van der Waals surface area (Å²) < 4.78 is 1.06. The van der Waals surface area contributed by atoms with Crippen molar-refractivity contribution in [2.75, 3.05) is 6.61 Å². The van der Waals surface area contributed by atoms with Gasteiger partial charge in [-0.25, -0.2) is 0 Å². The van der Waals surface area contributed by atoms with Crippen LogP contribution in [0.5, 0.6) is 0 Å². The Labute approximate surface area is 89.9 Å². The summed E-state index contributed by atoms with van der Waals surface area (Å²) in [5.74, 6) is 0. The average molecular weight is 298 g/mol. The number of hydrogen-bond donors (Lipinski definition) is 2. The molecule has 0 aliphatic carbocycles. The second kappa shape index (κ2) is 4.41. The molecule has 1 atom stereocenters.